The van der Waals surface area contributed by atoms with Gasteiger partial charge in [-0.15, -0.1) is 0 Å². The van der Waals surface area contributed by atoms with Crippen molar-refractivity contribution in [2.24, 2.45) is 5.92 Å². The highest BCUT2D eigenvalue weighted by Crippen LogP contribution is 2.23. The first-order valence-corrected chi connectivity index (χ1v) is 11.0. The summed E-state index contributed by atoms with van der Waals surface area (Å²) in [6, 6.07) is 8.62. The zero-order valence-corrected chi connectivity index (χ0v) is 18.0. The van der Waals surface area contributed by atoms with E-state index in [0.717, 1.165) is 17.7 Å². The van der Waals surface area contributed by atoms with Crippen LogP contribution in [0.4, 0.5) is 0 Å². The molecule has 2 N–H and O–H groups in total. The number of carbonyl (C=O) groups excluding carboxylic acids is 2. The van der Waals surface area contributed by atoms with E-state index in [0.29, 0.717) is 0 Å². The van der Waals surface area contributed by atoms with Gasteiger partial charge in [-0.1, -0.05) is 62.6 Å². The van der Waals surface area contributed by atoms with Gasteiger partial charge in [0, 0.05) is 6.08 Å². The first-order valence-electron chi connectivity index (χ1n) is 9.54. The Bertz CT molecular complexity index is 863. The van der Waals surface area contributed by atoms with Crippen molar-refractivity contribution in [3.63, 3.8) is 0 Å². The van der Waals surface area contributed by atoms with Crippen molar-refractivity contribution in [2.45, 2.75) is 44.1 Å². The Morgan fingerprint density at radius 3 is 2.30 bits per heavy atom. The average Bonchev–Trinajstić information content (AvgIpc) is 2.70. The second-order valence-corrected chi connectivity index (χ2v) is 8.59. The largest absolute Gasteiger partial charge is 0.460 e. The highest BCUT2D eigenvalue weighted by molar-refractivity contribution is 7.86. The number of esters is 1. The molecule has 1 rings (SSSR count). The number of nitrogens with one attached hydrogen (secondary N) is 1. The van der Waals surface area contributed by atoms with Crippen molar-refractivity contribution < 1.29 is 27.3 Å². The smallest absolute Gasteiger partial charge is 0.330 e. The maximum atomic E-state index is 12.1. The van der Waals surface area contributed by atoms with Crippen LogP contribution in [0.1, 0.15) is 32.3 Å². The third-order valence-electron chi connectivity index (χ3n) is 4.67. The van der Waals surface area contributed by atoms with Crippen LogP contribution in [0.15, 0.2) is 61.7 Å². The van der Waals surface area contributed by atoms with Gasteiger partial charge in [0.1, 0.15) is 0 Å². The lowest BCUT2D eigenvalue weighted by Gasteiger charge is -2.28. The standard InChI is InChI=1S/C22H29NO6S/c1-5-21(24)23-19(14-13-18-10-8-7-9-11-18)17(4)20(30(26,27)28)15-12-16(3)29-22(25)6-2/h5-11,13-14,16-17,19-20H,1-2,12,15H2,3-4H3,(H,23,24)(H,26,27,28). The molecule has 0 saturated heterocycles. The van der Waals surface area contributed by atoms with Gasteiger partial charge >= 0.3 is 5.97 Å². The van der Waals surface area contributed by atoms with E-state index < -0.39 is 45.3 Å². The number of amides is 1. The van der Waals surface area contributed by atoms with Crippen LogP contribution >= 0.6 is 0 Å². The highest BCUT2D eigenvalue weighted by Gasteiger charge is 2.34. The van der Waals surface area contributed by atoms with Gasteiger partial charge in [0.15, 0.2) is 0 Å². The fraction of sp³-hybridized carbons (Fsp3) is 0.364. The zero-order chi connectivity index (χ0) is 22.7. The molecule has 0 saturated carbocycles. The van der Waals surface area contributed by atoms with Gasteiger partial charge in [0.25, 0.3) is 10.1 Å². The van der Waals surface area contributed by atoms with E-state index >= 15 is 0 Å². The fourth-order valence-electron chi connectivity index (χ4n) is 2.98. The van der Waals surface area contributed by atoms with Crippen molar-refractivity contribution in [3.8, 4) is 0 Å². The van der Waals surface area contributed by atoms with E-state index in [1.165, 1.54) is 0 Å². The van der Waals surface area contributed by atoms with Gasteiger partial charge in [-0.2, -0.15) is 8.42 Å². The maximum absolute atomic E-state index is 12.1. The number of hydrogen-bond acceptors (Lipinski definition) is 5. The Morgan fingerprint density at radius 1 is 1.13 bits per heavy atom. The molecule has 0 heterocycles. The van der Waals surface area contributed by atoms with Crippen LogP contribution in [0.3, 0.4) is 0 Å². The monoisotopic (exact) mass is 435 g/mol. The minimum atomic E-state index is -4.44. The molecule has 1 aromatic carbocycles. The van der Waals surface area contributed by atoms with E-state index in [1.54, 1.807) is 26.0 Å². The molecule has 0 spiro atoms. The van der Waals surface area contributed by atoms with Crippen molar-refractivity contribution in [2.75, 3.05) is 0 Å². The van der Waals surface area contributed by atoms with Crippen molar-refractivity contribution in [3.05, 3.63) is 67.3 Å². The molecule has 0 aliphatic carbocycles. The highest BCUT2D eigenvalue weighted by atomic mass is 32.2. The third-order valence-corrected chi connectivity index (χ3v) is 6.10. The number of hydrogen-bond donors (Lipinski definition) is 2. The van der Waals surface area contributed by atoms with Crippen LogP contribution in [0.25, 0.3) is 6.08 Å². The van der Waals surface area contributed by atoms with Crippen LogP contribution in [-0.4, -0.2) is 42.2 Å². The molecule has 1 amide bonds. The minimum Gasteiger partial charge on any atom is -0.460 e. The maximum Gasteiger partial charge on any atom is 0.330 e. The lowest BCUT2D eigenvalue weighted by atomic mass is 9.93. The van der Waals surface area contributed by atoms with E-state index in [1.807, 2.05) is 30.3 Å². The Hall–Kier alpha value is -2.71. The Morgan fingerprint density at radius 2 is 1.77 bits per heavy atom. The van der Waals surface area contributed by atoms with Gasteiger partial charge in [-0.05, 0) is 37.3 Å². The molecule has 0 aliphatic heterocycles. The predicted octanol–water partition coefficient (Wildman–Crippen LogP) is 3.16. The fourth-order valence-corrected chi connectivity index (χ4v) is 4.12. The molecule has 0 aliphatic rings. The Labute approximate surface area is 178 Å². The molecule has 0 aromatic heterocycles. The minimum absolute atomic E-state index is 0.0330. The summed E-state index contributed by atoms with van der Waals surface area (Å²) >= 11 is 0. The summed E-state index contributed by atoms with van der Waals surface area (Å²) in [6.45, 7) is 9.99. The second-order valence-electron chi connectivity index (χ2n) is 6.95. The number of rotatable bonds is 12. The summed E-state index contributed by atoms with van der Waals surface area (Å²) in [4.78, 5) is 23.2. The van der Waals surface area contributed by atoms with E-state index in [4.69, 9.17) is 4.74 Å². The van der Waals surface area contributed by atoms with E-state index in [9.17, 15) is 22.6 Å². The van der Waals surface area contributed by atoms with Crippen LogP contribution in [-0.2, 0) is 24.4 Å². The van der Waals surface area contributed by atoms with Crippen molar-refractivity contribution in [1.29, 1.82) is 0 Å². The molecular weight excluding hydrogens is 406 g/mol. The van der Waals surface area contributed by atoms with Gasteiger partial charge in [0.2, 0.25) is 5.91 Å². The van der Waals surface area contributed by atoms with Crippen molar-refractivity contribution >= 4 is 28.1 Å². The van der Waals surface area contributed by atoms with E-state index in [-0.39, 0.29) is 12.8 Å². The summed E-state index contributed by atoms with van der Waals surface area (Å²) in [6.07, 6.45) is 5.24. The summed E-state index contributed by atoms with van der Waals surface area (Å²) in [5.74, 6) is -1.75. The van der Waals surface area contributed by atoms with E-state index in [2.05, 4.69) is 18.5 Å². The Kier molecular flexibility index (Phi) is 10.2. The molecule has 4 atom stereocenters. The molecule has 8 heteroatoms. The zero-order valence-electron chi connectivity index (χ0n) is 17.2. The third kappa shape index (κ3) is 8.75. The van der Waals surface area contributed by atoms with Gasteiger partial charge in [-0.25, -0.2) is 4.79 Å². The quantitative estimate of drug-likeness (QED) is 0.296. The normalized spacial score (nSPS) is 15.6. The van der Waals surface area contributed by atoms with Crippen LogP contribution in [0.5, 0.6) is 0 Å². The van der Waals surface area contributed by atoms with Crippen LogP contribution in [0, 0.1) is 5.92 Å². The molecule has 164 valence electrons. The molecule has 30 heavy (non-hydrogen) atoms. The van der Waals surface area contributed by atoms with Gasteiger partial charge in [-0.3, -0.25) is 9.35 Å². The first kappa shape index (κ1) is 25.3. The average molecular weight is 436 g/mol. The summed E-state index contributed by atoms with van der Waals surface area (Å²) in [7, 11) is -4.44. The lowest BCUT2D eigenvalue weighted by molar-refractivity contribution is -0.142. The molecule has 0 bridgehead atoms. The topological polar surface area (TPSA) is 110 Å². The first-order chi connectivity index (χ1) is 14.1. The van der Waals surface area contributed by atoms with Gasteiger partial charge in [0.05, 0.1) is 17.4 Å². The molecule has 0 fully saturated rings. The second kappa shape index (κ2) is 12.1. The SMILES string of the molecule is C=CC(=O)NC(C=Cc1ccccc1)C(C)C(CCC(C)OC(=O)C=C)S(=O)(=O)O. The molecule has 4 unspecified atom stereocenters. The lowest BCUT2D eigenvalue weighted by Crippen LogP contribution is -2.44. The molecule has 1 aromatic rings. The van der Waals surface area contributed by atoms with Crippen molar-refractivity contribution in [1.82, 2.24) is 5.32 Å². The molecule has 0 radical (unpaired) electrons. The van der Waals surface area contributed by atoms with Crippen LogP contribution in [0.2, 0.25) is 0 Å². The summed E-state index contributed by atoms with van der Waals surface area (Å²) in [5.41, 5.74) is 0.871. The number of carbonyl (C=O) groups is 2. The number of ether oxygens (including phenoxy) is 1. The van der Waals surface area contributed by atoms with Crippen LogP contribution < -0.4 is 5.32 Å². The predicted molar refractivity (Wildman–Crippen MR) is 117 cm³/mol. The summed E-state index contributed by atoms with van der Waals surface area (Å²) < 4.78 is 39.0. The molecule has 7 nitrogen and oxygen atoms in total. The number of benzene rings is 1. The molecular formula is C22H29NO6S. The van der Waals surface area contributed by atoms with Gasteiger partial charge < -0.3 is 10.1 Å². The Balaban J connectivity index is 3.05. The summed E-state index contributed by atoms with van der Waals surface area (Å²) in [5, 5.41) is 1.52.